The van der Waals surface area contributed by atoms with E-state index in [-0.39, 0.29) is 29.8 Å². The van der Waals surface area contributed by atoms with Crippen LogP contribution >= 0.6 is 0 Å². The fourth-order valence-electron chi connectivity index (χ4n) is 10.6. The van der Waals surface area contributed by atoms with Crippen molar-refractivity contribution >= 4 is 5.78 Å². The second kappa shape index (κ2) is 16.5. The molecule has 6 aliphatic rings. The molecule has 14 heteroatoms. The minimum Gasteiger partial charge on any atom is -0.469 e. The average molecular weight is 779 g/mol. The number of aliphatic hydroxyl groups is 3. The molecule has 310 valence electrons. The second-order valence-electron chi connectivity index (χ2n) is 16.9. The van der Waals surface area contributed by atoms with E-state index in [1.165, 1.54) is 11.8 Å². The van der Waals surface area contributed by atoms with Crippen LogP contribution in [0.2, 0.25) is 0 Å². The van der Waals surface area contributed by atoms with Gasteiger partial charge in [-0.05, 0) is 77.2 Å². The Morgan fingerprint density at radius 2 is 1.36 bits per heavy atom. The van der Waals surface area contributed by atoms with Gasteiger partial charge in [0.05, 0.1) is 55.1 Å². The van der Waals surface area contributed by atoms with Crippen LogP contribution in [-0.2, 0) is 53.0 Å². The molecule has 14 nitrogen and oxygen atoms in total. The normalized spacial score (nSPS) is 47.8. The standard InChI is InChI=1S/C41H62O14/c1-20-26(12-14-49-20)41(45)13-11-27-25(39(41)44)10-9-24-15-29(28(42)19-40(24,27)5)53-33-17-31(47-7)37(22(3)51-33)55-35-18-32(48-8)38(23(4)52-35)54-34-16-30(46-6)36(43)21(2)50-34/h9,12,14,21-23,25,27-38,42-43,45H,10-11,13,15-19H2,1-8H3. The highest BCUT2D eigenvalue weighted by Gasteiger charge is 2.58. The first-order chi connectivity index (χ1) is 26.2. The number of methoxy groups -OCH3 is 3. The molecule has 55 heavy (non-hydrogen) atoms. The number of ketones is 1. The minimum atomic E-state index is -1.55. The van der Waals surface area contributed by atoms with Gasteiger partial charge in [0, 0.05) is 52.1 Å². The van der Waals surface area contributed by atoms with E-state index >= 15 is 0 Å². The molecule has 3 aliphatic carbocycles. The van der Waals surface area contributed by atoms with Crippen molar-refractivity contribution in [2.45, 2.75) is 178 Å². The molecule has 3 saturated heterocycles. The Morgan fingerprint density at radius 1 is 0.800 bits per heavy atom. The van der Waals surface area contributed by atoms with Crippen molar-refractivity contribution in [1.82, 2.24) is 0 Å². The monoisotopic (exact) mass is 778 g/mol. The van der Waals surface area contributed by atoms with Crippen LogP contribution in [0.3, 0.4) is 0 Å². The van der Waals surface area contributed by atoms with Crippen LogP contribution in [0, 0.1) is 24.2 Å². The van der Waals surface area contributed by atoms with Gasteiger partial charge >= 0.3 is 0 Å². The molecule has 18 unspecified atom stereocenters. The third kappa shape index (κ3) is 7.76. The van der Waals surface area contributed by atoms with Gasteiger partial charge in [0.1, 0.15) is 24.1 Å². The highest BCUT2D eigenvalue weighted by molar-refractivity contribution is 5.92. The van der Waals surface area contributed by atoms with Crippen molar-refractivity contribution in [3.63, 3.8) is 0 Å². The maximum absolute atomic E-state index is 13.9. The summed E-state index contributed by atoms with van der Waals surface area (Å²) < 4.78 is 60.8. The molecule has 0 aromatic carbocycles. The van der Waals surface area contributed by atoms with Gasteiger partial charge in [-0.3, -0.25) is 4.79 Å². The maximum atomic E-state index is 13.9. The Balaban J connectivity index is 0.949. The number of aliphatic hydroxyl groups excluding tert-OH is 2. The number of Topliss-reactive ketones (excluding diaryl/α,β-unsaturated/α-hetero) is 1. The predicted molar refractivity (Wildman–Crippen MR) is 194 cm³/mol. The van der Waals surface area contributed by atoms with Gasteiger partial charge in [-0.1, -0.05) is 18.6 Å². The van der Waals surface area contributed by atoms with Gasteiger partial charge in [0.15, 0.2) is 30.3 Å². The Labute approximate surface area is 324 Å². The molecule has 5 fully saturated rings. The first kappa shape index (κ1) is 41.4. The number of fused-ring (bicyclic) bond motifs is 3. The molecular weight excluding hydrogens is 716 g/mol. The van der Waals surface area contributed by atoms with Gasteiger partial charge in [-0.2, -0.15) is 0 Å². The van der Waals surface area contributed by atoms with Crippen molar-refractivity contribution in [2.24, 2.45) is 17.3 Å². The van der Waals surface area contributed by atoms with E-state index in [9.17, 15) is 20.1 Å². The van der Waals surface area contributed by atoms with E-state index in [1.807, 2.05) is 13.8 Å². The summed E-state index contributed by atoms with van der Waals surface area (Å²) in [5, 5.41) is 33.6. The van der Waals surface area contributed by atoms with Crippen LogP contribution in [0.5, 0.6) is 0 Å². The molecule has 0 amide bonds. The molecule has 1 aromatic rings. The summed E-state index contributed by atoms with van der Waals surface area (Å²) in [5.74, 6) is 0.0782. The highest BCUT2D eigenvalue weighted by atomic mass is 16.7. The zero-order valence-corrected chi connectivity index (χ0v) is 33.5. The molecule has 3 N–H and O–H groups in total. The fourth-order valence-corrected chi connectivity index (χ4v) is 10.6. The number of rotatable bonds is 10. The molecule has 18 atom stereocenters. The van der Waals surface area contributed by atoms with Crippen LogP contribution < -0.4 is 0 Å². The predicted octanol–water partition coefficient (Wildman–Crippen LogP) is 3.83. The van der Waals surface area contributed by atoms with E-state index < -0.39 is 84.8 Å². The van der Waals surface area contributed by atoms with Gasteiger partial charge in [0.2, 0.25) is 0 Å². The lowest BCUT2D eigenvalue weighted by atomic mass is 9.51. The Morgan fingerprint density at radius 3 is 1.93 bits per heavy atom. The summed E-state index contributed by atoms with van der Waals surface area (Å²) in [7, 11) is 4.84. The summed E-state index contributed by atoms with van der Waals surface area (Å²) in [5.41, 5.74) is -0.202. The lowest BCUT2D eigenvalue weighted by molar-refractivity contribution is -0.339. The molecule has 4 heterocycles. The smallest absolute Gasteiger partial charge is 0.172 e. The Kier molecular flexibility index (Phi) is 12.4. The van der Waals surface area contributed by atoms with Crippen molar-refractivity contribution in [2.75, 3.05) is 21.3 Å². The number of hydrogen-bond acceptors (Lipinski definition) is 14. The van der Waals surface area contributed by atoms with E-state index in [0.717, 1.165) is 0 Å². The lowest BCUT2D eigenvalue weighted by Gasteiger charge is -2.55. The van der Waals surface area contributed by atoms with Gasteiger partial charge in [0.25, 0.3) is 0 Å². The van der Waals surface area contributed by atoms with Gasteiger partial charge < -0.3 is 62.4 Å². The van der Waals surface area contributed by atoms with Crippen molar-refractivity contribution < 1.29 is 67.2 Å². The minimum absolute atomic E-state index is 0.00964. The molecule has 1 aromatic heterocycles. The van der Waals surface area contributed by atoms with Gasteiger partial charge in [-0.15, -0.1) is 0 Å². The number of furan rings is 1. The molecular formula is C41H62O14. The zero-order valence-electron chi connectivity index (χ0n) is 33.5. The maximum Gasteiger partial charge on any atom is 0.172 e. The molecule has 2 saturated carbocycles. The van der Waals surface area contributed by atoms with Crippen molar-refractivity contribution in [3.8, 4) is 0 Å². The summed E-state index contributed by atoms with van der Waals surface area (Å²) >= 11 is 0. The molecule has 7 rings (SSSR count). The molecule has 0 bridgehead atoms. The average Bonchev–Trinajstić information content (AvgIpc) is 3.59. The van der Waals surface area contributed by atoms with Crippen molar-refractivity contribution in [1.29, 1.82) is 0 Å². The molecule has 0 radical (unpaired) electrons. The van der Waals surface area contributed by atoms with Crippen LogP contribution in [0.1, 0.15) is 90.4 Å². The largest absolute Gasteiger partial charge is 0.469 e. The number of hydrogen-bond donors (Lipinski definition) is 3. The summed E-state index contributed by atoms with van der Waals surface area (Å²) in [6, 6.07) is 1.70. The third-order valence-electron chi connectivity index (χ3n) is 13.8. The Bertz CT molecular complexity index is 1510. The number of carbonyl (C=O) groups excluding carboxylic acids is 1. The number of aryl methyl sites for hydroxylation is 1. The number of allylic oxidation sites excluding steroid dienone is 1. The van der Waals surface area contributed by atoms with Crippen LogP contribution in [0.4, 0.5) is 0 Å². The number of ether oxygens (including phenoxy) is 9. The fraction of sp³-hybridized carbons (Fsp3) is 0.829. The van der Waals surface area contributed by atoms with E-state index in [2.05, 4.69) is 13.0 Å². The van der Waals surface area contributed by atoms with Crippen molar-refractivity contribution in [3.05, 3.63) is 35.3 Å². The first-order valence-corrected chi connectivity index (χ1v) is 20.1. The van der Waals surface area contributed by atoms with E-state index in [1.54, 1.807) is 41.2 Å². The quantitative estimate of drug-likeness (QED) is 0.293. The SMILES string of the molecule is COC1CC(OC2C(C)OC(OC3C(C)OC(OC4CC5=CCC6C(=O)C(O)(c7ccoc7C)CCC6C5(C)CC4O)CC3OC)CC2OC)OC(C)C1O. The summed E-state index contributed by atoms with van der Waals surface area (Å²) in [4.78, 5) is 13.9. The topological polar surface area (TPSA) is 174 Å². The number of carbonyl (C=O) groups is 1. The summed E-state index contributed by atoms with van der Waals surface area (Å²) in [6.45, 7) is 9.56. The molecule has 3 aliphatic heterocycles. The van der Waals surface area contributed by atoms with E-state index in [0.29, 0.717) is 62.7 Å². The van der Waals surface area contributed by atoms with Crippen LogP contribution in [-0.4, -0.2) is 128 Å². The van der Waals surface area contributed by atoms with Crippen LogP contribution in [0.15, 0.2) is 28.4 Å². The molecule has 0 spiro atoms. The van der Waals surface area contributed by atoms with Gasteiger partial charge in [-0.25, -0.2) is 0 Å². The zero-order chi connectivity index (χ0) is 39.4. The second-order valence-corrected chi connectivity index (χ2v) is 16.9. The summed E-state index contributed by atoms with van der Waals surface area (Å²) in [6.07, 6.45) is 0.230. The third-order valence-corrected chi connectivity index (χ3v) is 13.8. The van der Waals surface area contributed by atoms with Crippen LogP contribution in [0.25, 0.3) is 0 Å². The van der Waals surface area contributed by atoms with E-state index in [4.69, 9.17) is 47.0 Å². The lowest BCUT2D eigenvalue weighted by Crippen LogP contribution is -2.58. The Hall–Kier alpha value is -1.79. The highest BCUT2D eigenvalue weighted by Crippen LogP contribution is 2.58. The first-order valence-electron chi connectivity index (χ1n) is 20.1.